The molecule has 1 aliphatic rings. The lowest BCUT2D eigenvalue weighted by Gasteiger charge is -2.19. The first-order valence-corrected chi connectivity index (χ1v) is 10.6. The summed E-state index contributed by atoms with van der Waals surface area (Å²) in [5, 5.41) is 20.0. The van der Waals surface area contributed by atoms with E-state index in [-0.39, 0.29) is 11.3 Å². The first kappa shape index (κ1) is 20.1. The van der Waals surface area contributed by atoms with Crippen molar-refractivity contribution in [1.29, 1.82) is 0 Å². The lowest BCUT2D eigenvalue weighted by molar-refractivity contribution is 0.193. The molecule has 0 bridgehead atoms. The van der Waals surface area contributed by atoms with Gasteiger partial charge >= 0.3 is 0 Å². The third-order valence-corrected chi connectivity index (χ3v) is 6.13. The minimum absolute atomic E-state index is 0.0143. The minimum atomic E-state index is -1.33. The molecule has 5 nitrogen and oxygen atoms in total. The zero-order valence-electron chi connectivity index (χ0n) is 15.4. The van der Waals surface area contributed by atoms with Crippen molar-refractivity contribution in [3.8, 4) is 5.69 Å². The molecule has 1 aromatic heterocycles. The molecule has 0 amide bonds. The molecule has 0 radical (unpaired) electrons. The van der Waals surface area contributed by atoms with Crippen LogP contribution < -0.4 is 4.90 Å². The van der Waals surface area contributed by atoms with Crippen molar-refractivity contribution in [1.82, 2.24) is 14.8 Å². The highest BCUT2D eigenvalue weighted by Gasteiger charge is 2.25. The van der Waals surface area contributed by atoms with Gasteiger partial charge in [0.25, 0.3) is 0 Å². The Morgan fingerprint density at radius 3 is 2.41 bits per heavy atom. The van der Waals surface area contributed by atoms with E-state index in [1.165, 1.54) is 17.8 Å². The molecule has 3 aromatic rings. The second-order valence-corrected chi connectivity index (χ2v) is 8.12. The highest BCUT2D eigenvalue weighted by Crippen LogP contribution is 2.34. The van der Waals surface area contributed by atoms with Gasteiger partial charge in [0.05, 0.1) is 22.4 Å². The zero-order valence-corrected chi connectivity index (χ0v) is 17.0. The molecule has 29 heavy (non-hydrogen) atoms. The van der Waals surface area contributed by atoms with Crippen LogP contribution in [0.15, 0.2) is 47.6 Å². The topological polar surface area (TPSA) is 54.2 Å². The van der Waals surface area contributed by atoms with E-state index in [2.05, 4.69) is 15.1 Å². The average molecular weight is 437 g/mol. The van der Waals surface area contributed by atoms with E-state index in [9.17, 15) is 13.9 Å². The molecule has 1 fully saturated rings. The van der Waals surface area contributed by atoms with Crippen LogP contribution in [-0.4, -0.2) is 38.7 Å². The van der Waals surface area contributed by atoms with Crippen LogP contribution in [0.4, 0.5) is 14.7 Å². The third-order valence-electron chi connectivity index (χ3n) is 4.80. The fourth-order valence-corrected chi connectivity index (χ4v) is 4.49. The Morgan fingerprint density at radius 1 is 1.03 bits per heavy atom. The van der Waals surface area contributed by atoms with Crippen molar-refractivity contribution in [2.75, 3.05) is 23.7 Å². The van der Waals surface area contributed by atoms with E-state index in [4.69, 9.17) is 11.6 Å². The zero-order chi connectivity index (χ0) is 20.4. The van der Waals surface area contributed by atoms with Crippen LogP contribution in [0.2, 0.25) is 5.02 Å². The van der Waals surface area contributed by atoms with Crippen LogP contribution >= 0.6 is 23.4 Å². The van der Waals surface area contributed by atoms with Gasteiger partial charge < -0.3 is 10.0 Å². The average Bonchev–Trinajstić information content (AvgIpc) is 3.36. The van der Waals surface area contributed by atoms with Crippen molar-refractivity contribution in [3.63, 3.8) is 0 Å². The van der Waals surface area contributed by atoms with Gasteiger partial charge in [0, 0.05) is 18.8 Å². The Kier molecular flexibility index (Phi) is 6.03. The first-order valence-electron chi connectivity index (χ1n) is 9.26. The van der Waals surface area contributed by atoms with Gasteiger partial charge in [-0.3, -0.25) is 4.57 Å². The van der Waals surface area contributed by atoms with Gasteiger partial charge in [-0.2, -0.15) is 0 Å². The Labute approximate surface area is 176 Å². The first-order chi connectivity index (χ1) is 14.1. The summed E-state index contributed by atoms with van der Waals surface area (Å²) in [7, 11) is 0. The summed E-state index contributed by atoms with van der Waals surface area (Å²) in [6, 6.07) is 10.9. The van der Waals surface area contributed by atoms with E-state index in [1.54, 1.807) is 6.07 Å². The number of benzene rings is 2. The molecule has 1 unspecified atom stereocenters. The molecule has 2 aromatic carbocycles. The number of thioether (sulfide) groups is 1. The number of para-hydroxylation sites is 1. The maximum Gasteiger partial charge on any atom is 0.232 e. The number of aliphatic hydroxyl groups excluding tert-OH is 1. The van der Waals surface area contributed by atoms with Crippen LogP contribution in [0.3, 0.4) is 0 Å². The number of halogens is 3. The van der Waals surface area contributed by atoms with E-state index >= 15 is 0 Å². The highest BCUT2D eigenvalue weighted by atomic mass is 35.5. The fraction of sp³-hybridized carbons (Fsp3) is 0.300. The second-order valence-electron chi connectivity index (χ2n) is 6.73. The lowest BCUT2D eigenvalue weighted by Crippen LogP contribution is -2.22. The molecule has 1 aliphatic heterocycles. The molecule has 1 saturated heterocycles. The summed E-state index contributed by atoms with van der Waals surface area (Å²) >= 11 is 7.59. The molecular formula is C20H19ClF2N4OS. The van der Waals surface area contributed by atoms with Crippen molar-refractivity contribution in [2.24, 2.45) is 0 Å². The number of anilines is 1. The summed E-state index contributed by atoms with van der Waals surface area (Å²) in [5.74, 6) is -0.864. The van der Waals surface area contributed by atoms with Gasteiger partial charge in [0.2, 0.25) is 5.95 Å². The van der Waals surface area contributed by atoms with E-state index < -0.39 is 17.7 Å². The molecule has 2 heterocycles. The fourth-order valence-electron chi connectivity index (χ4n) is 3.39. The van der Waals surface area contributed by atoms with Gasteiger partial charge in [-0.15, -0.1) is 10.2 Å². The Balaban J connectivity index is 1.65. The number of aromatic nitrogens is 3. The maximum atomic E-state index is 14.0. The standard InChI is InChI=1S/C20H19ClF2N4OS/c21-13-6-1-2-9-16(13)27-19(26-10-3-4-11-26)24-25-20(27)29-12-17(28)18-14(22)7-5-8-15(18)23/h1-2,5-9,17,28H,3-4,10-12H2. The van der Waals surface area contributed by atoms with Gasteiger partial charge in [-0.1, -0.05) is 41.6 Å². The highest BCUT2D eigenvalue weighted by molar-refractivity contribution is 7.99. The molecule has 0 spiro atoms. The normalized spacial score (nSPS) is 15.1. The predicted molar refractivity (Wildman–Crippen MR) is 110 cm³/mol. The summed E-state index contributed by atoms with van der Waals surface area (Å²) in [4.78, 5) is 2.13. The number of hydrogen-bond acceptors (Lipinski definition) is 5. The predicted octanol–water partition coefficient (Wildman–Crippen LogP) is 4.62. The maximum absolute atomic E-state index is 14.0. The van der Waals surface area contributed by atoms with E-state index in [0.29, 0.717) is 16.1 Å². The van der Waals surface area contributed by atoms with Crippen LogP contribution in [0.25, 0.3) is 5.69 Å². The Hall–Kier alpha value is -2.16. The van der Waals surface area contributed by atoms with E-state index in [1.807, 2.05) is 22.8 Å². The SMILES string of the molecule is OC(CSc1nnc(N2CCCC2)n1-c1ccccc1Cl)c1c(F)cccc1F. The summed E-state index contributed by atoms with van der Waals surface area (Å²) in [6.45, 7) is 1.74. The molecule has 1 N–H and O–H groups in total. The van der Waals surface area contributed by atoms with Gasteiger partial charge in [0.15, 0.2) is 5.16 Å². The number of aliphatic hydroxyl groups is 1. The number of rotatable bonds is 6. The van der Waals surface area contributed by atoms with Crippen LogP contribution in [0.5, 0.6) is 0 Å². The van der Waals surface area contributed by atoms with Crippen LogP contribution in [0, 0.1) is 11.6 Å². The largest absolute Gasteiger partial charge is 0.387 e. The van der Waals surface area contributed by atoms with Crippen LogP contribution in [-0.2, 0) is 0 Å². The molecule has 9 heteroatoms. The van der Waals surface area contributed by atoms with Gasteiger partial charge in [0.1, 0.15) is 11.6 Å². The number of hydrogen-bond donors (Lipinski definition) is 1. The van der Waals surface area contributed by atoms with Gasteiger partial charge in [-0.25, -0.2) is 8.78 Å². The molecule has 4 rings (SSSR count). The lowest BCUT2D eigenvalue weighted by atomic mass is 10.1. The van der Waals surface area contributed by atoms with Crippen LogP contribution in [0.1, 0.15) is 24.5 Å². The summed E-state index contributed by atoms with van der Waals surface area (Å²) in [6.07, 6.45) is 0.819. The second kappa shape index (κ2) is 8.69. The van der Waals surface area contributed by atoms with E-state index in [0.717, 1.165) is 43.8 Å². The Morgan fingerprint density at radius 2 is 1.72 bits per heavy atom. The molecule has 1 atom stereocenters. The number of nitrogens with zero attached hydrogens (tertiary/aromatic N) is 4. The quantitative estimate of drug-likeness (QED) is 0.571. The smallest absolute Gasteiger partial charge is 0.232 e. The monoisotopic (exact) mass is 436 g/mol. The van der Waals surface area contributed by atoms with Crippen molar-refractivity contribution >= 4 is 29.3 Å². The third kappa shape index (κ3) is 4.10. The van der Waals surface area contributed by atoms with Crippen molar-refractivity contribution in [2.45, 2.75) is 24.1 Å². The minimum Gasteiger partial charge on any atom is -0.387 e. The summed E-state index contributed by atoms with van der Waals surface area (Å²) in [5.41, 5.74) is 0.374. The molecule has 0 aliphatic carbocycles. The Bertz CT molecular complexity index is 990. The summed E-state index contributed by atoms with van der Waals surface area (Å²) < 4.78 is 29.8. The molecule has 0 saturated carbocycles. The van der Waals surface area contributed by atoms with Crippen molar-refractivity contribution < 1.29 is 13.9 Å². The van der Waals surface area contributed by atoms with Crippen molar-refractivity contribution in [3.05, 3.63) is 64.7 Å². The van der Waals surface area contributed by atoms with Gasteiger partial charge in [-0.05, 0) is 37.1 Å². The molecule has 152 valence electrons. The molecular weight excluding hydrogens is 418 g/mol.